The topological polar surface area (TPSA) is 84.5 Å². The van der Waals surface area contributed by atoms with Gasteiger partial charge in [-0.1, -0.05) is 37.6 Å². The second kappa shape index (κ2) is 10.6. The Morgan fingerprint density at radius 3 is 2.85 bits per heavy atom. The molecule has 8 heteroatoms. The van der Waals surface area contributed by atoms with Crippen LogP contribution in [0.4, 0.5) is 0 Å². The van der Waals surface area contributed by atoms with E-state index in [-0.39, 0.29) is 36.6 Å². The molecule has 0 bridgehead atoms. The fourth-order valence-corrected chi connectivity index (χ4v) is 4.33. The number of ether oxygens (including phenoxy) is 2. The monoisotopic (exact) mass is 483 g/mol. The lowest BCUT2D eigenvalue weighted by molar-refractivity contribution is -0.135. The van der Waals surface area contributed by atoms with E-state index in [0.717, 1.165) is 24.0 Å². The molecule has 1 aliphatic rings. The number of aryl methyl sites for hydroxylation is 1. The van der Waals surface area contributed by atoms with Crippen molar-refractivity contribution < 1.29 is 14.3 Å². The molecule has 180 valence electrons. The maximum absolute atomic E-state index is 13.3. The van der Waals surface area contributed by atoms with Gasteiger partial charge in [0, 0.05) is 18.2 Å². The first-order valence-electron chi connectivity index (χ1n) is 11.6. The minimum absolute atomic E-state index is 0.0415. The lowest BCUT2D eigenvalue weighted by Crippen LogP contribution is -2.40. The fourth-order valence-electron chi connectivity index (χ4n) is 4.16. The summed E-state index contributed by atoms with van der Waals surface area (Å²) in [5, 5.41) is 1.19. The van der Waals surface area contributed by atoms with Gasteiger partial charge in [0.2, 0.25) is 0 Å². The predicted molar refractivity (Wildman–Crippen MR) is 133 cm³/mol. The van der Waals surface area contributed by atoms with E-state index in [9.17, 15) is 9.59 Å². The van der Waals surface area contributed by atoms with Crippen molar-refractivity contribution in [2.75, 3.05) is 19.8 Å². The number of fused-ring (bicyclic) bond motifs is 1. The number of amides is 1. The maximum atomic E-state index is 13.3. The van der Waals surface area contributed by atoms with Crippen LogP contribution in [-0.4, -0.2) is 46.6 Å². The van der Waals surface area contributed by atoms with Gasteiger partial charge in [0.1, 0.15) is 11.6 Å². The van der Waals surface area contributed by atoms with Crippen molar-refractivity contribution in [1.82, 2.24) is 14.9 Å². The van der Waals surface area contributed by atoms with E-state index in [1.165, 1.54) is 0 Å². The number of aromatic amines is 1. The van der Waals surface area contributed by atoms with E-state index in [1.807, 2.05) is 25.1 Å². The molecule has 1 saturated heterocycles. The second-order valence-electron chi connectivity index (χ2n) is 9.02. The smallest absolute Gasteiger partial charge is 0.261 e. The summed E-state index contributed by atoms with van der Waals surface area (Å²) in [4.78, 5) is 34.8. The molecular weight excluding hydrogens is 454 g/mol. The summed E-state index contributed by atoms with van der Waals surface area (Å²) >= 11 is 6.30. The summed E-state index contributed by atoms with van der Waals surface area (Å²) in [7, 11) is 0. The van der Waals surface area contributed by atoms with E-state index in [0.29, 0.717) is 40.7 Å². The summed E-state index contributed by atoms with van der Waals surface area (Å²) in [5.74, 6) is 1.08. The van der Waals surface area contributed by atoms with Crippen molar-refractivity contribution >= 4 is 28.4 Å². The molecule has 1 amide bonds. The van der Waals surface area contributed by atoms with Crippen molar-refractivity contribution in [3.8, 4) is 5.75 Å². The number of benzene rings is 2. The van der Waals surface area contributed by atoms with E-state index in [2.05, 4.69) is 23.8 Å². The first-order chi connectivity index (χ1) is 16.3. The van der Waals surface area contributed by atoms with Crippen molar-refractivity contribution in [3.63, 3.8) is 0 Å². The summed E-state index contributed by atoms with van der Waals surface area (Å²) < 4.78 is 11.8. The Morgan fingerprint density at radius 1 is 1.32 bits per heavy atom. The quantitative estimate of drug-likeness (QED) is 0.506. The lowest BCUT2D eigenvalue weighted by atomic mass is 10.0. The molecule has 1 atom stereocenters. The number of halogens is 1. The standard InChI is InChI=1S/C26H30ClN3O4/c1-16(2)20-12-21(27)17(3)11-23(20)34-15-25(31)30(13-18-7-6-10-33-18)14-24-28-22-9-5-4-8-19(22)26(32)29-24/h4-5,8-9,11-12,16,18H,6-7,10,13-15H2,1-3H3,(H,28,29,32). The zero-order valence-corrected chi connectivity index (χ0v) is 20.5. The molecule has 0 radical (unpaired) electrons. The van der Waals surface area contributed by atoms with Crippen LogP contribution in [0.5, 0.6) is 5.75 Å². The van der Waals surface area contributed by atoms with Crippen LogP contribution >= 0.6 is 11.6 Å². The molecule has 0 saturated carbocycles. The Bertz CT molecular complexity index is 1230. The Hall–Kier alpha value is -2.90. The van der Waals surface area contributed by atoms with Gasteiger partial charge >= 0.3 is 0 Å². The first-order valence-corrected chi connectivity index (χ1v) is 12.0. The minimum Gasteiger partial charge on any atom is -0.483 e. The molecule has 2 heterocycles. The van der Waals surface area contributed by atoms with Gasteiger partial charge in [0.25, 0.3) is 11.5 Å². The minimum atomic E-state index is -0.223. The third kappa shape index (κ3) is 5.59. The van der Waals surface area contributed by atoms with Crippen LogP contribution in [0.1, 0.15) is 49.6 Å². The summed E-state index contributed by atoms with van der Waals surface area (Å²) in [6.07, 6.45) is 1.82. The first kappa shape index (κ1) is 24.2. The number of rotatable bonds is 8. The van der Waals surface area contributed by atoms with Crippen LogP contribution in [0.2, 0.25) is 5.02 Å². The molecular formula is C26H30ClN3O4. The highest BCUT2D eigenvalue weighted by molar-refractivity contribution is 6.31. The SMILES string of the molecule is Cc1cc(OCC(=O)N(Cc2nc3ccccc3c(=O)[nH]2)CC2CCCO2)c(C(C)C)cc1Cl. The fraction of sp³-hybridized carbons (Fsp3) is 0.423. The van der Waals surface area contributed by atoms with Crippen LogP contribution in [0.3, 0.4) is 0 Å². The zero-order chi connectivity index (χ0) is 24.2. The number of hydrogen-bond donors (Lipinski definition) is 1. The number of nitrogens with zero attached hydrogens (tertiary/aromatic N) is 2. The highest BCUT2D eigenvalue weighted by Crippen LogP contribution is 2.32. The van der Waals surface area contributed by atoms with E-state index >= 15 is 0 Å². The number of nitrogens with one attached hydrogen (secondary N) is 1. The van der Waals surface area contributed by atoms with Crippen LogP contribution < -0.4 is 10.3 Å². The molecule has 1 N–H and O–H groups in total. The molecule has 1 aromatic heterocycles. The highest BCUT2D eigenvalue weighted by atomic mass is 35.5. The van der Waals surface area contributed by atoms with Crippen LogP contribution in [0, 0.1) is 6.92 Å². The third-order valence-corrected chi connectivity index (χ3v) is 6.47. The normalized spacial score (nSPS) is 15.7. The molecule has 34 heavy (non-hydrogen) atoms. The number of aromatic nitrogens is 2. The lowest BCUT2D eigenvalue weighted by Gasteiger charge is -2.25. The maximum Gasteiger partial charge on any atom is 0.261 e. The molecule has 1 unspecified atom stereocenters. The van der Waals surface area contributed by atoms with E-state index < -0.39 is 0 Å². The molecule has 1 aliphatic heterocycles. The van der Waals surface area contributed by atoms with Crippen molar-refractivity contribution in [1.29, 1.82) is 0 Å². The van der Waals surface area contributed by atoms with Gasteiger partial charge in [-0.25, -0.2) is 4.98 Å². The van der Waals surface area contributed by atoms with Crippen molar-refractivity contribution in [3.05, 3.63) is 68.7 Å². The van der Waals surface area contributed by atoms with Gasteiger partial charge in [-0.15, -0.1) is 0 Å². The second-order valence-corrected chi connectivity index (χ2v) is 9.43. The predicted octanol–water partition coefficient (Wildman–Crippen LogP) is 4.59. The molecule has 4 rings (SSSR count). The Kier molecular flexibility index (Phi) is 7.54. The van der Waals surface area contributed by atoms with Crippen LogP contribution in [0.25, 0.3) is 10.9 Å². The largest absolute Gasteiger partial charge is 0.483 e. The molecule has 0 spiro atoms. The zero-order valence-electron chi connectivity index (χ0n) is 19.8. The Morgan fingerprint density at radius 2 is 2.12 bits per heavy atom. The summed E-state index contributed by atoms with van der Waals surface area (Å²) in [5.41, 5.74) is 2.22. The van der Waals surface area contributed by atoms with Gasteiger partial charge in [-0.2, -0.15) is 0 Å². The number of hydrogen-bond acceptors (Lipinski definition) is 5. The van der Waals surface area contributed by atoms with Gasteiger partial charge in [-0.3, -0.25) is 9.59 Å². The van der Waals surface area contributed by atoms with Crippen LogP contribution in [-0.2, 0) is 16.1 Å². The summed E-state index contributed by atoms with van der Waals surface area (Å²) in [6, 6.07) is 10.9. The molecule has 1 fully saturated rings. The van der Waals surface area contributed by atoms with E-state index in [4.69, 9.17) is 21.1 Å². The number of H-pyrrole nitrogens is 1. The Labute approximate surface area is 204 Å². The number of carbonyl (C=O) groups is 1. The number of para-hydroxylation sites is 1. The highest BCUT2D eigenvalue weighted by Gasteiger charge is 2.24. The average molecular weight is 484 g/mol. The molecule has 3 aromatic rings. The summed E-state index contributed by atoms with van der Waals surface area (Å²) in [6.45, 7) is 7.16. The molecule has 0 aliphatic carbocycles. The number of carbonyl (C=O) groups excluding carboxylic acids is 1. The van der Waals surface area contributed by atoms with Crippen LogP contribution in [0.15, 0.2) is 41.2 Å². The third-order valence-electron chi connectivity index (χ3n) is 6.07. The van der Waals surface area contributed by atoms with Gasteiger partial charge in [0.15, 0.2) is 6.61 Å². The van der Waals surface area contributed by atoms with Crippen molar-refractivity contribution in [2.45, 2.75) is 52.2 Å². The van der Waals surface area contributed by atoms with Gasteiger partial charge < -0.3 is 19.4 Å². The van der Waals surface area contributed by atoms with Crippen molar-refractivity contribution in [2.24, 2.45) is 0 Å². The van der Waals surface area contributed by atoms with E-state index in [1.54, 1.807) is 23.1 Å². The molecule has 7 nitrogen and oxygen atoms in total. The van der Waals surface area contributed by atoms with Gasteiger partial charge in [-0.05, 0) is 61.1 Å². The molecule has 2 aromatic carbocycles. The average Bonchev–Trinajstić information content (AvgIpc) is 3.32. The van der Waals surface area contributed by atoms with Gasteiger partial charge in [0.05, 0.1) is 23.6 Å². The Balaban J connectivity index is 1.55.